The van der Waals surface area contributed by atoms with E-state index in [0.717, 1.165) is 0 Å². The summed E-state index contributed by atoms with van der Waals surface area (Å²) < 4.78 is 5.00. The van der Waals surface area contributed by atoms with Gasteiger partial charge in [-0.15, -0.1) is 0 Å². The van der Waals surface area contributed by atoms with Gasteiger partial charge in [-0.05, 0) is 0 Å². The van der Waals surface area contributed by atoms with Gasteiger partial charge in [0.1, 0.15) is 0 Å². The fourth-order valence-electron chi connectivity index (χ4n) is 0.640. The normalized spacial score (nSPS) is 12.0. The summed E-state index contributed by atoms with van der Waals surface area (Å²) in [6.45, 7) is 0.0377. The van der Waals surface area contributed by atoms with E-state index in [9.17, 15) is 0 Å². The van der Waals surface area contributed by atoms with Gasteiger partial charge in [0.15, 0.2) is 0 Å². The molecular weight excluding hydrogens is 180 g/mol. The van der Waals surface area contributed by atoms with Crippen molar-refractivity contribution in [1.82, 2.24) is 0 Å². The number of aliphatic hydroxyl groups excluding tert-OH is 3. The molecule has 3 N–H and O–H groups in total. The van der Waals surface area contributed by atoms with Crippen LogP contribution >= 0.6 is 12.6 Å². The minimum atomic E-state index is -0.682. The lowest BCUT2D eigenvalue weighted by atomic mass is 9.94. The smallest absolute Gasteiger partial charge is 0.0698 e. The SMILES string of the molecule is OCCOCC(CO)(CO)CS. The van der Waals surface area contributed by atoms with Crippen molar-refractivity contribution in [2.75, 3.05) is 38.8 Å². The zero-order valence-corrected chi connectivity index (χ0v) is 7.83. The Morgan fingerprint density at radius 2 is 1.75 bits per heavy atom. The topological polar surface area (TPSA) is 69.9 Å². The molecule has 0 heterocycles. The Labute approximate surface area is 77.6 Å². The molecule has 0 rings (SSSR count). The number of ether oxygens (including phenoxy) is 1. The van der Waals surface area contributed by atoms with Gasteiger partial charge in [0.25, 0.3) is 0 Å². The predicted molar refractivity (Wildman–Crippen MR) is 48.4 cm³/mol. The van der Waals surface area contributed by atoms with E-state index in [4.69, 9.17) is 20.1 Å². The summed E-state index contributed by atoms with van der Waals surface area (Å²) in [4.78, 5) is 0. The molecule has 74 valence electrons. The van der Waals surface area contributed by atoms with Gasteiger partial charge in [-0.2, -0.15) is 12.6 Å². The molecule has 12 heavy (non-hydrogen) atoms. The minimum absolute atomic E-state index is 0.0560. The van der Waals surface area contributed by atoms with Crippen LogP contribution in [0.5, 0.6) is 0 Å². The molecule has 0 spiro atoms. The van der Waals surface area contributed by atoms with Gasteiger partial charge in [0, 0.05) is 11.2 Å². The summed E-state index contributed by atoms with van der Waals surface area (Å²) in [5.74, 6) is 0.353. The highest BCUT2D eigenvalue weighted by atomic mass is 32.1. The molecule has 0 atom stereocenters. The van der Waals surface area contributed by atoms with E-state index in [1.54, 1.807) is 0 Å². The monoisotopic (exact) mass is 196 g/mol. The summed E-state index contributed by atoms with van der Waals surface area (Å²) in [6.07, 6.45) is 0. The second-order valence-electron chi connectivity index (χ2n) is 2.75. The third-order valence-corrected chi connectivity index (χ3v) is 2.32. The molecule has 0 amide bonds. The molecule has 0 aliphatic heterocycles. The molecule has 0 aromatic rings. The summed E-state index contributed by atoms with van der Waals surface area (Å²) in [5, 5.41) is 26.3. The molecule has 0 aromatic carbocycles. The van der Waals surface area contributed by atoms with Gasteiger partial charge < -0.3 is 20.1 Å². The molecule has 0 fully saturated rings. The number of rotatable bonds is 7. The first-order valence-corrected chi connectivity index (χ1v) is 4.39. The Morgan fingerprint density at radius 1 is 1.17 bits per heavy atom. The first kappa shape index (κ1) is 12.2. The van der Waals surface area contributed by atoms with Crippen LogP contribution in [-0.4, -0.2) is 54.1 Å². The lowest BCUT2D eigenvalue weighted by Crippen LogP contribution is -2.37. The maximum atomic E-state index is 8.92. The van der Waals surface area contributed by atoms with E-state index < -0.39 is 5.41 Å². The van der Waals surface area contributed by atoms with Crippen LogP contribution in [0.4, 0.5) is 0 Å². The molecule has 0 unspecified atom stereocenters. The number of aliphatic hydroxyl groups is 3. The van der Waals surface area contributed by atoms with Crippen molar-refractivity contribution < 1.29 is 20.1 Å². The maximum Gasteiger partial charge on any atom is 0.0698 e. The van der Waals surface area contributed by atoms with Crippen molar-refractivity contribution in [2.24, 2.45) is 5.41 Å². The molecule has 5 heteroatoms. The van der Waals surface area contributed by atoms with Crippen LogP contribution in [0, 0.1) is 5.41 Å². The molecule has 0 bridgehead atoms. The minimum Gasteiger partial charge on any atom is -0.396 e. The van der Waals surface area contributed by atoms with E-state index in [2.05, 4.69) is 12.6 Å². The molecular formula is C7H16O4S. The molecule has 0 aromatic heterocycles. The van der Waals surface area contributed by atoms with Crippen molar-refractivity contribution in [1.29, 1.82) is 0 Å². The van der Waals surface area contributed by atoms with E-state index in [1.165, 1.54) is 0 Å². The van der Waals surface area contributed by atoms with Crippen molar-refractivity contribution in [3.8, 4) is 0 Å². The van der Waals surface area contributed by atoms with E-state index >= 15 is 0 Å². The van der Waals surface area contributed by atoms with Crippen LogP contribution in [-0.2, 0) is 4.74 Å². The zero-order valence-electron chi connectivity index (χ0n) is 6.94. The van der Waals surface area contributed by atoms with Crippen molar-refractivity contribution in [3.05, 3.63) is 0 Å². The zero-order chi connectivity index (χ0) is 9.45. The number of thiol groups is 1. The lowest BCUT2D eigenvalue weighted by Gasteiger charge is -2.27. The van der Waals surface area contributed by atoms with Crippen molar-refractivity contribution >= 4 is 12.6 Å². The van der Waals surface area contributed by atoms with Gasteiger partial charge >= 0.3 is 0 Å². The van der Waals surface area contributed by atoms with Gasteiger partial charge in [0.2, 0.25) is 0 Å². The first-order valence-electron chi connectivity index (χ1n) is 3.76. The third-order valence-electron chi connectivity index (χ3n) is 1.65. The molecule has 0 saturated carbocycles. The van der Waals surface area contributed by atoms with Crippen LogP contribution in [0.3, 0.4) is 0 Å². The van der Waals surface area contributed by atoms with Crippen molar-refractivity contribution in [3.63, 3.8) is 0 Å². The fraction of sp³-hybridized carbons (Fsp3) is 1.00. The maximum absolute atomic E-state index is 8.92. The molecule has 4 nitrogen and oxygen atoms in total. The summed E-state index contributed by atoms with van der Waals surface area (Å²) in [7, 11) is 0. The lowest BCUT2D eigenvalue weighted by molar-refractivity contribution is -0.0213. The van der Waals surface area contributed by atoms with Crippen LogP contribution in [0.15, 0.2) is 0 Å². The highest BCUT2D eigenvalue weighted by Crippen LogP contribution is 2.17. The quantitative estimate of drug-likeness (QED) is 0.308. The Balaban J connectivity index is 3.76. The molecule has 0 saturated heterocycles. The van der Waals surface area contributed by atoms with Gasteiger partial charge in [-0.25, -0.2) is 0 Å². The van der Waals surface area contributed by atoms with E-state index in [0.29, 0.717) is 5.75 Å². The average molecular weight is 196 g/mol. The number of hydrogen-bond donors (Lipinski definition) is 4. The van der Waals surface area contributed by atoms with Crippen LogP contribution < -0.4 is 0 Å². The first-order chi connectivity index (χ1) is 5.74. The highest BCUT2D eigenvalue weighted by molar-refractivity contribution is 7.80. The highest BCUT2D eigenvalue weighted by Gasteiger charge is 2.27. The van der Waals surface area contributed by atoms with Crippen LogP contribution in [0.25, 0.3) is 0 Å². The van der Waals surface area contributed by atoms with Crippen LogP contribution in [0.2, 0.25) is 0 Å². The Morgan fingerprint density at radius 3 is 2.08 bits per heavy atom. The Kier molecular flexibility index (Phi) is 6.78. The van der Waals surface area contributed by atoms with E-state index in [-0.39, 0.29) is 33.0 Å². The largest absolute Gasteiger partial charge is 0.396 e. The van der Waals surface area contributed by atoms with Gasteiger partial charge in [0.05, 0.1) is 33.0 Å². The molecule has 0 radical (unpaired) electrons. The summed E-state index contributed by atoms with van der Waals surface area (Å²) in [6, 6.07) is 0. The van der Waals surface area contributed by atoms with Gasteiger partial charge in [-0.1, -0.05) is 0 Å². The predicted octanol–water partition coefficient (Wildman–Crippen LogP) is -1.10. The average Bonchev–Trinajstić information content (AvgIpc) is 2.14. The van der Waals surface area contributed by atoms with Crippen LogP contribution in [0.1, 0.15) is 0 Å². The summed E-state index contributed by atoms with van der Waals surface area (Å²) in [5.41, 5.74) is -0.682. The third kappa shape index (κ3) is 3.73. The second kappa shape index (κ2) is 6.68. The molecule has 0 aliphatic carbocycles. The van der Waals surface area contributed by atoms with Crippen molar-refractivity contribution in [2.45, 2.75) is 0 Å². The van der Waals surface area contributed by atoms with E-state index in [1.807, 2.05) is 0 Å². The second-order valence-corrected chi connectivity index (χ2v) is 3.07. The standard InChI is InChI=1S/C7H16O4S/c8-1-2-11-5-7(3-9,4-10)6-12/h8-10,12H,1-6H2. The fourth-order valence-corrected chi connectivity index (χ4v) is 0.931. The number of hydrogen-bond acceptors (Lipinski definition) is 5. The molecule has 0 aliphatic rings. The Hall–Kier alpha value is 0.190. The van der Waals surface area contributed by atoms with Gasteiger partial charge in [-0.3, -0.25) is 0 Å². The Bertz CT molecular complexity index is 97.3. The summed E-state index contributed by atoms with van der Waals surface area (Å²) >= 11 is 4.00.